The third-order valence-electron chi connectivity index (χ3n) is 5.26. The quantitative estimate of drug-likeness (QED) is 0.745. The summed E-state index contributed by atoms with van der Waals surface area (Å²) in [5, 5.41) is 3.01. The maximum Gasteiger partial charge on any atom is 0.237 e. The summed E-state index contributed by atoms with van der Waals surface area (Å²) in [6.45, 7) is 5.69. The molecule has 26 heavy (non-hydrogen) atoms. The van der Waals surface area contributed by atoms with Gasteiger partial charge in [-0.05, 0) is 44.9 Å². The summed E-state index contributed by atoms with van der Waals surface area (Å²) in [5.74, 6) is 0.563. The number of benzene rings is 1. The van der Waals surface area contributed by atoms with E-state index in [1.54, 1.807) is 16.7 Å². The van der Waals surface area contributed by atoms with Crippen molar-refractivity contribution < 1.29 is 9.59 Å². The van der Waals surface area contributed by atoms with Gasteiger partial charge >= 0.3 is 0 Å². The number of amides is 2. The Morgan fingerprint density at radius 3 is 2.96 bits per heavy atom. The van der Waals surface area contributed by atoms with Crippen molar-refractivity contribution in [1.29, 1.82) is 0 Å². The average Bonchev–Trinajstić information content (AvgIpc) is 2.65. The predicted octanol–water partition coefficient (Wildman–Crippen LogP) is 2.90. The molecule has 0 radical (unpaired) electrons. The molecule has 5 nitrogen and oxygen atoms in total. The largest absolute Gasteiger partial charge is 0.356 e. The number of fused-ring (bicyclic) bond motifs is 1. The first kappa shape index (κ1) is 19.2. The van der Waals surface area contributed by atoms with Crippen LogP contribution in [0.2, 0.25) is 0 Å². The van der Waals surface area contributed by atoms with E-state index in [2.05, 4.69) is 17.1 Å². The lowest BCUT2D eigenvalue weighted by Crippen LogP contribution is -2.40. The van der Waals surface area contributed by atoms with Crippen molar-refractivity contribution in [3.63, 3.8) is 0 Å². The number of hydrogen-bond acceptors (Lipinski definition) is 4. The Kier molecular flexibility index (Phi) is 6.97. The molecule has 0 aliphatic carbocycles. The Morgan fingerprint density at radius 2 is 2.12 bits per heavy atom. The Labute approximate surface area is 160 Å². The van der Waals surface area contributed by atoms with E-state index < -0.39 is 0 Å². The highest BCUT2D eigenvalue weighted by Gasteiger charge is 2.24. The zero-order valence-corrected chi connectivity index (χ0v) is 16.4. The predicted molar refractivity (Wildman–Crippen MR) is 107 cm³/mol. The van der Waals surface area contributed by atoms with Crippen LogP contribution in [0.15, 0.2) is 29.2 Å². The lowest BCUT2D eigenvalue weighted by molar-refractivity contribution is -0.121. The fourth-order valence-corrected chi connectivity index (χ4v) is 4.64. The maximum atomic E-state index is 12.2. The smallest absolute Gasteiger partial charge is 0.237 e. The van der Waals surface area contributed by atoms with Crippen LogP contribution in [0.3, 0.4) is 0 Å². The number of carbonyl (C=O) groups excluding carboxylic acids is 2. The van der Waals surface area contributed by atoms with Crippen LogP contribution in [0.25, 0.3) is 0 Å². The van der Waals surface area contributed by atoms with Gasteiger partial charge in [-0.2, -0.15) is 0 Å². The van der Waals surface area contributed by atoms with Gasteiger partial charge in [0.05, 0.1) is 11.4 Å². The van der Waals surface area contributed by atoms with E-state index in [0.29, 0.717) is 31.3 Å². The molecule has 2 aliphatic heterocycles. The molecule has 3 rings (SSSR count). The molecule has 0 unspecified atom stereocenters. The zero-order chi connectivity index (χ0) is 18.4. The van der Waals surface area contributed by atoms with Gasteiger partial charge in [-0.1, -0.05) is 18.6 Å². The minimum absolute atomic E-state index is 0.0280. The summed E-state index contributed by atoms with van der Waals surface area (Å²) >= 11 is 1.57. The van der Waals surface area contributed by atoms with Crippen molar-refractivity contribution in [3.05, 3.63) is 24.3 Å². The Hall–Kier alpha value is -1.53. The van der Waals surface area contributed by atoms with E-state index in [0.717, 1.165) is 23.5 Å². The van der Waals surface area contributed by atoms with E-state index >= 15 is 0 Å². The molecule has 6 heteroatoms. The second kappa shape index (κ2) is 9.42. The summed E-state index contributed by atoms with van der Waals surface area (Å²) in [7, 11) is 0. The monoisotopic (exact) mass is 375 g/mol. The molecule has 1 saturated heterocycles. The topological polar surface area (TPSA) is 52.7 Å². The maximum absolute atomic E-state index is 12.2. The molecule has 2 heterocycles. The van der Waals surface area contributed by atoms with Gasteiger partial charge in [0, 0.05) is 37.0 Å². The molecule has 0 bridgehead atoms. The number of para-hydroxylation sites is 1. The normalized spacial score (nSPS) is 20.7. The van der Waals surface area contributed by atoms with Crippen LogP contribution in [0.1, 0.15) is 39.0 Å². The number of hydrogen-bond donors (Lipinski definition) is 1. The Bertz CT molecular complexity index is 637. The minimum atomic E-state index is 0.0280. The van der Waals surface area contributed by atoms with E-state index in [1.807, 2.05) is 24.3 Å². The number of piperidine rings is 1. The first-order chi connectivity index (χ1) is 12.6. The van der Waals surface area contributed by atoms with Crippen LogP contribution in [0.5, 0.6) is 0 Å². The minimum Gasteiger partial charge on any atom is -0.356 e. The van der Waals surface area contributed by atoms with Crippen LogP contribution in [-0.2, 0) is 9.59 Å². The van der Waals surface area contributed by atoms with Crippen LogP contribution in [0.4, 0.5) is 5.69 Å². The molecule has 142 valence electrons. The van der Waals surface area contributed by atoms with Crippen LogP contribution >= 0.6 is 11.8 Å². The second-order valence-corrected chi connectivity index (χ2v) is 8.15. The van der Waals surface area contributed by atoms with Gasteiger partial charge in [0.25, 0.3) is 0 Å². The first-order valence-corrected chi connectivity index (χ1v) is 10.7. The molecule has 2 amide bonds. The number of thioether (sulfide) groups is 1. The number of likely N-dealkylation sites (tertiary alicyclic amines) is 1. The average molecular weight is 376 g/mol. The first-order valence-electron chi connectivity index (χ1n) is 9.68. The van der Waals surface area contributed by atoms with Gasteiger partial charge in [-0.15, -0.1) is 11.8 Å². The molecule has 1 fully saturated rings. The summed E-state index contributed by atoms with van der Waals surface area (Å²) < 4.78 is 0. The Morgan fingerprint density at radius 1 is 1.27 bits per heavy atom. The number of nitrogens with zero attached hydrogens (tertiary/aromatic N) is 2. The molecular weight excluding hydrogens is 346 g/mol. The number of anilines is 1. The fraction of sp³-hybridized carbons (Fsp3) is 0.600. The van der Waals surface area contributed by atoms with E-state index in [-0.39, 0.29) is 11.8 Å². The summed E-state index contributed by atoms with van der Waals surface area (Å²) in [5.41, 5.74) is 0.931. The summed E-state index contributed by atoms with van der Waals surface area (Å²) in [4.78, 5) is 29.7. The lowest BCUT2D eigenvalue weighted by Gasteiger charge is -2.33. The summed E-state index contributed by atoms with van der Waals surface area (Å²) in [6.07, 6.45) is 5.25. The van der Waals surface area contributed by atoms with Gasteiger partial charge in [0.15, 0.2) is 0 Å². The van der Waals surface area contributed by atoms with Crippen molar-refractivity contribution in [2.24, 2.45) is 0 Å². The van der Waals surface area contributed by atoms with Gasteiger partial charge in [-0.25, -0.2) is 0 Å². The number of rotatable bonds is 7. The zero-order valence-electron chi connectivity index (χ0n) is 15.6. The van der Waals surface area contributed by atoms with Gasteiger partial charge in [0.2, 0.25) is 11.8 Å². The molecule has 0 saturated carbocycles. The van der Waals surface area contributed by atoms with Crippen molar-refractivity contribution in [1.82, 2.24) is 10.2 Å². The third kappa shape index (κ3) is 5.01. The van der Waals surface area contributed by atoms with Crippen molar-refractivity contribution in [2.75, 3.05) is 36.8 Å². The van der Waals surface area contributed by atoms with E-state index in [4.69, 9.17) is 0 Å². The third-order valence-corrected chi connectivity index (χ3v) is 6.30. The van der Waals surface area contributed by atoms with Crippen molar-refractivity contribution >= 4 is 29.3 Å². The molecule has 1 aromatic rings. The molecule has 1 aromatic carbocycles. The molecule has 0 spiro atoms. The fourth-order valence-electron chi connectivity index (χ4n) is 3.70. The van der Waals surface area contributed by atoms with Gasteiger partial charge in [0.1, 0.15) is 0 Å². The second-order valence-electron chi connectivity index (χ2n) is 7.14. The number of nitrogens with one attached hydrogen (secondary N) is 1. The van der Waals surface area contributed by atoms with Crippen LogP contribution < -0.4 is 10.2 Å². The van der Waals surface area contributed by atoms with Crippen molar-refractivity contribution in [3.8, 4) is 0 Å². The highest BCUT2D eigenvalue weighted by atomic mass is 32.2. The van der Waals surface area contributed by atoms with Gasteiger partial charge in [-0.3, -0.25) is 9.59 Å². The van der Waals surface area contributed by atoms with E-state index in [9.17, 15) is 9.59 Å². The molecule has 1 atom stereocenters. The standard InChI is InChI=1S/C20H29N3O2S/c1-16-7-4-5-12-22(16)13-6-11-21-19(24)10-14-23-17-8-2-3-9-18(17)26-15-20(23)25/h2-3,8-9,16H,4-7,10-15H2,1H3,(H,21,24)/t16-/m0/s1. The highest BCUT2D eigenvalue weighted by Crippen LogP contribution is 2.34. The lowest BCUT2D eigenvalue weighted by atomic mass is 10.0. The van der Waals surface area contributed by atoms with Crippen LogP contribution in [0, 0.1) is 0 Å². The molecular formula is C20H29N3O2S. The highest BCUT2D eigenvalue weighted by molar-refractivity contribution is 8.00. The molecule has 2 aliphatic rings. The number of carbonyl (C=O) groups is 2. The Balaban J connectivity index is 1.38. The molecule has 1 N–H and O–H groups in total. The van der Waals surface area contributed by atoms with Crippen molar-refractivity contribution in [2.45, 2.75) is 50.0 Å². The molecule has 0 aromatic heterocycles. The summed E-state index contributed by atoms with van der Waals surface area (Å²) in [6, 6.07) is 8.57. The van der Waals surface area contributed by atoms with E-state index in [1.165, 1.54) is 25.8 Å². The SMILES string of the molecule is C[C@H]1CCCCN1CCCNC(=O)CCN1C(=O)CSc2ccccc21. The van der Waals surface area contributed by atoms with Gasteiger partial charge < -0.3 is 15.1 Å². The van der Waals surface area contributed by atoms with Crippen LogP contribution in [-0.4, -0.2) is 54.7 Å².